The summed E-state index contributed by atoms with van der Waals surface area (Å²) < 4.78 is 0.117. The average molecular weight is 256 g/mol. The van der Waals surface area contributed by atoms with Gasteiger partial charge in [-0.1, -0.05) is 48.5 Å². The predicted molar refractivity (Wildman–Crippen MR) is 81.7 cm³/mol. The van der Waals surface area contributed by atoms with Gasteiger partial charge < -0.3 is 0 Å². The second-order valence-corrected chi connectivity index (χ2v) is 9.31. The van der Waals surface area contributed by atoms with E-state index in [4.69, 9.17) is 12.6 Å². The first-order valence-corrected chi connectivity index (χ1v) is 7.63. The van der Waals surface area contributed by atoms with Crippen LogP contribution in [0.25, 0.3) is 0 Å². The van der Waals surface area contributed by atoms with Crippen LogP contribution in [0.3, 0.4) is 0 Å². The minimum absolute atomic E-state index is 0.117. The van der Waals surface area contributed by atoms with Crippen LogP contribution in [0, 0.1) is 22.7 Å². The second-order valence-electron chi connectivity index (χ2n) is 8.20. The summed E-state index contributed by atoms with van der Waals surface area (Å²) in [6.07, 6.45) is 5.58. The molecular formula is C16H32S. The third-order valence-corrected chi connectivity index (χ3v) is 6.13. The van der Waals surface area contributed by atoms with Gasteiger partial charge in [-0.3, -0.25) is 0 Å². The van der Waals surface area contributed by atoms with Gasteiger partial charge in [0, 0.05) is 4.75 Å². The van der Waals surface area contributed by atoms with Gasteiger partial charge in [0.1, 0.15) is 0 Å². The maximum atomic E-state index is 4.82. The van der Waals surface area contributed by atoms with Crippen molar-refractivity contribution < 1.29 is 0 Å². The van der Waals surface area contributed by atoms with E-state index in [9.17, 15) is 0 Å². The van der Waals surface area contributed by atoms with Crippen LogP contribution in [0.2, 0.25) is 0 Å². The first kappa shape index (κ1) is 15.4. The second kappa shape index (κ2) is 4.79. The van der Waals surface area contributed by atoms with Gasteiger partial charge in [0.15, 0.2) is 0 Å². The Hall–Kier alpha value is 0.350. The van der Waals surface area contributed by atoms with E-state index in [1.807, 2.05) is 0 Å². The van der Waals surface area contributed by atoms with Crippen LogP contribution in [0.5, 0.6) is 0 Å². The zero-order valence-corrected chi connectivity index (χ0v) is 13.8. The number of hydrogen-bond acceptors (Lipinski definition) is 1. The van der Waals surface area contributed by atoms with Gasteiger partial charge in [-0.15, -0.1) is 0 Å². The summed E-state index contributed by atoms with van der Waals surface area (Å²) in [7, 11) is 0. The van der Waals surface area contributed by atoms with Gasteiger partial charge in [0.05, 0.1) is 0 Å². The Balaban J connectivity index is 2.64. The van der Waals surface area contributed by atoms with E-state index in [1.54, 1.807) is 0 Å². The summed E-state index contributed by atoms with van der Waals surface area (Å²) in [4.78, 5) is 0. The highest BCUT2D eigenvalue weighted by Gasteiger charge is 2.43. The van der Waals surface area contributed by atoms with E-state index in [2.05, 4.69) is 48.5 Å². The fourth-order valence-corrected chi connectivity index (χ4v) is 3.36. The van der Waals surface area contributed by atoms with E-state index in [0.717, 1.165) is 11.8 Å². The Morgan fingerprint density at radius 3 is 1.35 bits per heavy atom. The Kier molecular flexibility index (Phi) is 4.34. The number of thiol groups is 1. The van der Waals surface area contributed by atoms with Gasteiger partial charge in [-0.2, -0.15) is 12.6 Å². The lowest BCUT2D eigenvalue weighted by molar-refractivity contribution is 0.0695. The van der Waals surface area contributed by atoms with Gasteiger partial charge in [-0.05, 0) is 48.3 Å². The molecule has 0 amide bonds. The molecule has 0 atom stereocenters. The highest BCUT2D eigenvalue weighted by molar-refractivity contribution is 7.81. The molecule has 1 saturated carbocycles. The molecule has 17 heavy (non-hydrogen) atoms. The van der Waals surface area contributed by atoms with Gasteiger partial charge in [-0.25, -0.2) is 0 Å². The molecule has 0 spiro atoms. The molecule has 0 heterocycles. The largest absolute Gasteiger partial charge is 0.173 e. The molecule has 0 N–H and O–H groups in total. The molecule has 102 valence electrons. The maximum Gasteiger partial charge on any atom is 0.0127 e. The first-order chi connectivity index (χ1) is 7.46. The zero-order valence-electron chi connectivity index (χ0n) is 12.9. The molecule has 1 aliphatic carbocycles. The number of hydrogen-bond donors (Lipinski definition) is 1. The number of rotatable bonds is 2. The molecule has 0 bridgehead atoms. The fraction of sp³-hybridized carbons (Fsp3) is 1.00. The summed E-state index contributed by atoms with van der Waals surface area (Å²) in [5.41, 5.74) is 0.824. The highest BCUT2D eigenvalue weighted by Crippen LogP contribution is 2.50. The van der Waals surface area contributed by atoms with Crippen molar-refractivity contribution in [3.05, 3.63) is 0 Å². The Bertz CT molecular complexity index is 244. The van der Waals surface area contributed by atoms with Gasteiger partial charge in [0.25, 0.3) is 0 Å². The summed E-state index contributed by atoms with van der Waals surface area (Å²) >= 11 is 4.82. The van der Waals surface area contributed by atoms with Crippen LogP contribution in [-0.4, -0.2) is 4.75 Å². The topological polar surface area (TPSA) is 0 Å². The lowest BCUT2D eigenvalue weighted by atomic mass is 9.61. The van der Waals surface area contributed by atoms with E-state index in [-0.39, 0.29) is 4.75 Å². The molecule has 0 unspecified atom stereocenters. The van der Waals surface area contributed by atoms with Crippen molar-refractivity contribution in [1.82, 2.24) is 0 Å². The molecule has 0 aromatic rings. The molecular weight excluding hydrogens is 224 g/mol. The lowest BCUT2D eigenvalue weighted by Crippen LogP contribution is -2.42. The van der Waals surface area contributed by atoms with E-state index >= 15 is 0 Å². The Morgan fingerprint density at radius 1 is 0.706 bits per heavy atom. The smallest absolute Gasteiger partial charge is 0.0127 e. The summed E-state index contributed by atoms with van der Waals surface area (Å²) in [6.45, 7) is 16.5. The van der Waals surface area contributed by atoms with E-state index in [1.165, 1.54) is 25.7 Å². The monoisotopic (exact) mass is 256 g/mol. The normalized spacial score (nSPS) is 28.2. The van der Waals surface area contributed by atoms with Gasteiger partial charge >= 0.3 is 0 Å². The third-order valence-electron chi connectivity index (χ3n) is 5.55. The molecule has 0 aromatic carbocycles. The maximum absolute atomic E-state index is 4.82. The third kappa shape index (κ3) is 3.43. The van der Waals surface area contributed by atoms with Crippen LogP contribution in [0.4, 0.5) is 0 Å². The first-order valence-electron chi connectivity index (χ1n) is 7.18. The quantitative estimate of drug-likeness (QED) is 0.613. The standard InChI is InChI=1S/C16H32S/c1-14(2,3)12-8-10-13(11-9-12)15(4,5)16(6,7)17/h12-13,17H,8-11H2,1-7H3. The van der Waals surface area contributed by atoms with Crippen molar-refractivity contribution in [2.24, 2.45) is 22.7 Å². The molecule has 0 aromatic heterocycles. The van der Waals surface area contributed by atoms with Gasteiger partial charge in [0.2, 0.25) is 0 Å². The molecule has 1 fully saturated rings. The highest BCUT2D eigenvalue weighted by atomic mass is 32.1. The molecule has 0 saturated heterocycles. The SMILES string of the molecule is CC(C)(C)C1CCC(C(C)(C)C(C)(C)S)CC1. The zero-order chi connectivity index (χ0) is 13.5. The van der Waals surface area contributed by atoms with Crippen molar-refractivity contribution >= 4 is 12.6 Å². The molecule has 0 radical (unpaired) electrons. The van der Waals surface area contributed by atoms with Crippen LogP contribution < -0.4 is 0 Å². The van der Waals surface area contributed by atoms with Crippen LogP contribution in [-0.2, 0) is 0 Å². The molecule has 1 aliphatic rings. The average Bonchev–Trinajstić information content (AvgIpc) is 2.15. The Morgan fingerprint density at radius 2 is 1.06 bits per heavy atom. The molecule has 1 heteroatoms. The molecule has 0 aliphatic heterocycles. The summed E-state index contributed by atoms with van der Waals surface area (Å²) in [5.74, 6) is 1.76. The van der Waals surface area contributed by atoms with Crippen LogP contribution in [0.1, 0.15) is 74.1 Å². The van der Waals surface area contributed by atoms with Crippen LogP contribution >= 0.6 is 12.6 Å². The predicted octanol–water partition coefficient (Wildman–Crippen LogP) is 5.57. The van der Waals surface area contributed by atoms with E-state index < -0.39 is 0 Å². The van der Waals surface area contributed by atoms with Crippen molar-refractivity contribution in [3.63, 3.8) is 0 Å². The van der Waals surface area contributed by atoms with Crippen molar-refractivity contribution in [1.29, 1.82) is 0 Å². The lowest BCUT2D eigenvalue weighted by Gasteiger charge is -2.48. The van der Waals surface area contributed by atoms with Crippen LogP contribution in [0.15, 0.2) is 0 Å². The van der Waals surface area contributed by atoms with E-state index in [0.29, 0.717) is 10.8 Å². The summed E-state index contributed by atoms with van der Waals surface area (Å²) in [5, 5.41) is 0. The fourth-order valence-electron chi connectivity index (χ4n) is 3.18. The molecule has 0 nitrogen and oxygen atoms in total. The Labute approximate surface area is 114 Å². The van der Waals surface area contributed by atoms with Crippen molar-refractivity contribution in [2.75, 3.05) is 0 Å². The minimum atomic E-state index is 0.117. The minimum Gasteiger partial charge on any atom is -0.173 e. The van der Waals surface area contributed by atoms with Crippen molar-refractivity contribution in [2.45, 2.75) is 78.9 Å². The van der Waals surface area contributed by atoms with Crippen molar-refractivity contribution in [3.8, 4) is 0 Å². The molecule has 1 rings (SSSR count). The summed E-state index contributed by atoms with van der Waals surface area (Å²) in [6, 6.07) is 0.